The third-order valence-electron chi connectivity index (χ3n) is 3.00. The lowest BCUT2D eigenvalue weighted by atomic mass is 10.0. The van der Waals surface area contributed by atoms with E-state index in [0.717, 1.165) is 17.0 Å². The Balaban J connectivity index is 3.29. The predicted octanol–water partition coefficient (Wildman–Crippen LogP) is 3.46. The third kappa shape index (κ3) is 3.04. The predicted molar refractivity (Wildman–Crippen MR) is 74.8 cm³/mol. The highest BCUT2D eigenvalue weighted by Gasteiger charge is 2.38. The van der Waals surface area contributed by atoms with Crippen LogP contribution in [0.2, 0.25) is 10.0 Å². The van der Waals surface area contributed by atoms with Gasteiger partial charge in [0.05, 0.1) is 15.6 Å². The zero-order valence-corrected chi connectivity index (χ0v) is 12.7. The van der Waals surface area contributed by atoms with Crippen molar-refractivity contribution in [3.05, 3.63) is 33.6 Å². The van der Waals surface area contributed by atoms with Gasteiger partial charge in [-0.1, -0.05) is 23.2 Å². The number of aliphatic carboxylic acids is 1. The van der Waals surface area contributed by atoms with Crippen molar-refractivity contribution in [2.75, 3.05) is 6.54 Å². The number of nitrogens with zero attached hydrogens (tertiary/aromatic N) is 1. The Morgan fingerprint density at radius 3 is 2.30 bits per heavy atom. The summed E-state index contributed by atoms with van der Waals surface area (Å²) in [6, 6.07) is 2.03. The van der Waals surface area contributed by atoms with E-state index in [1.807, 2.05) is 0 Å². The molecule has 4 nitrogen and oxygen atoms in total. The Labute approximate surface area is 126 Å². The third-order valence-corrected chi connectivity index (χ3v) is 3.60. The molecule has 0 radical (unpaired) electrons. The lowest BCUT2D eigenvalue weighted by Gasteiger charge is -2.34. The second-order valence-corrected chi connectivity index (χ2v) is 5.47. The number of hydrogen-bond donors (Lipinski definition) is 1. The topological polar surface area (TPSA) is 57.6 Å². The van der Waals surface area contributed by atoms with Gasteiger partial charge in [0.25, 0.3) is 5.91 Å². The van der Waals surface area contributed by atoms with Crippen molar-refractivity contribution in [1.29, 1.82) is 0 Å². The molecule has 1 rings (SSSR count). The molecule has 0 aliphatic carbocycles. The number of likely N-dealkylation sites (N-methyl/N-ethyl adjacent to an activating group) is 1. The monoisotopic (exact) mass is 321 g/mol. The van der Waals surface area contributed by atoms with E-state index in [4.69, 9.17) is 23.2 Å². The highest BCUT2D eigenvalue weighted by atomic mass is 35.5. The minimum absolute atomic E-state index is 0.0268. The van der Waals surface area contributed by atoms with Crippen LogP contribution in [0.1, 0.15) is 31.1 Å². The van der Waals surface area contributed by atoms with E-state index in [0.29, 0.717) is 0 Å². The molecule has 0 fully saturated rings. The molecule has 0 heterocycles. The summed E-state index contributed by atoms with van der Waals surface area (Å²) < 4.78 is 13.5. The quantitative estimate of drug-likeness (QED) is 0.864. The molecule has 0 aliphatic rings. The maximum Gasteiger partial charge on any atom is 0.329 e. The summed E-state index contributed by atoms with van der Waals surface area (Å²) >= 11 is 11.4. The maximum atomic E-state index is 13.5. The Kier molecular flexibility index (Phi) is 5.00. The first-order valence-electron chi connectivity index (χ1n) is 5.82. The summed E-state index contributed by atoms with van der Waals surface area (Å²) in [4.78, 5) is 24.7. The molecular weight excluding hydrogens is 308 g/mol. The first-order valence-corrected chi connectivity index (χ1v) is 6.58. The fourth-order valence-electron chi connectivity index (χ4n) is 1.74. The van der Waals surface area contributed by atoms with Crippen LogP contribution in [0.5, 0.6) is 0 Å². The minimum atomic E-state index is -1.44. The van der Waals surface area contributed by atoms with Crippen molar-refractivity contribution in [3.63, 3.8) is 0 Å². The van der Waals surface area contributed by atoms with E-state index >= 15 is 0 Å². The van der Waals surface area contributed by atoms with Gasteiger partial charge in [-0.2, -0.15) is 0 Å². The fraction of sp³-hybridized carbons (Fsp3) is 0.385. The average molecular weight is 322 g/mol. The van der Waals surface area contributed by atoms with Gasteiger partial charge in [0.2, 0.25) is 0 Å². The molecule has 0 bridgehead atoms. The van der Waals surface area contributed by atoms with Crippen molar-refractivity contribution in [2.45, 2.75) is 26.3 Å². The fourth-order valence-corrected chi connectivity index (χ4v) is 2.20. The SMILES string of the molecule is CCN(C(=O)c1cc(F)c(Cl)cc1Cl)C(C)(C)C(=O)O. The van der Waals surface area contributed by atoms with E-state index in [9.17, 15) is 19.1 Å². The van der Waals surface area contributed by atoms with E-state index in [2.05, 4.69) is 0 Å². The van der Waals surface area contributed by atoms with Crippen LogP contribution in [0.4, 0.5) is 4.39 Å². The number of carbonyl (C=O) groups excluding carboxylic acids is 1. The molecular formula is C13H14Cl2FNO3. The molecule has 1 amide bonds. The molecule has 1 aromatic rings. The molecule has 0 atom stereocenters. The van der Waals surface area contributed by atoms with Crippen molar-refractivity contribution in [2.24, 2.45) is 0 Å². The lowest BCUT2D eigenvalue weighted by molar-refractivity contribution is -0.147. The Hall–Kier alpha value is -1.33. The summed E-state index contributed by atoms with van der Waals surface area (Å²) in [5.41, 5.74) is -1.56. The summed E-state index contributed by atoms with van der Waals surface area (Å²) in [7, 11) is 0. The maximum absolute atomic E-state index is 13.5. The van der Waals surface area contributed by atoms with E-state index in [1.165, 1.54) is 13.8 Å². The van der Waals surface area contributed by atoms with Crippen LogP contribution in [0, 0.1) is 5.82 Å². The van der Waals surface area contributed by atoms with Gasteiger partial charge < -0.3 is 10.0 Å². The van der Waals surface area contributed by atoms with Gasteiger partial charge in [0, 0.05) is 6.54 Å². The number of hydrogen-bond acceptors (Lipinski definition) is 2. The van der Waals surface area contributed by atoms with Crippen LogP contribution in [-0.2, 0) is 4.79 Å². The summed E-state index contributed by atoms with van der Waals surface area (Å²) in [5, 5.41) is 8.96. The first-order chi connectivity index (χ1) is 9.12. The van der Waals surface area contributed by atoms with Gasteiger partial charge in [-0.15, -0.1) is 0 Å². The van der Waals surface area contributed by atoms with E-state index in [1.54, 1.807) is 6.92 Å². The van der Waals surface area contributed by atoms with Crippen molar-refractivity contribution >= 4 is 35.1 Å². The molecule has 0 aromatic heterocycles. The number of amides is 1. The van der Waals surface area contributed by atoms with Crippen LogP contribution >= 0.6 is 23.2 Å². The van der Waals surface area contributed by atoms with Gasteiger partial charge in [-0.3, -0.25) is 4.79 Å². The highest BCUT2D eigenvalue weighted by Crippen LogP contribution is 2.27. The molecule has 20 heavy (non-hydrogen) atoms. The molecule has 7 heteroatoms. The van der Waals surface area contributed by atoms with Crippen LogP contribution in [0.15, 0.2) is 12.1 Å². The standard InChI is InChI=1S/C13H14Cl2FNO3/c1-4-17(13(2,3)12(19)20)11(18)7-5-10(16)9(15)6-8(7)14/h5-6H,4H2,1-3H3,(H,19,20). The van der Waals surface area contributed by atoms with Crippen LogP contribution < -0.4 is 0 Å². The summed E-state index contributed by atoms with van der Waals surface area (Å²) in [6.45, 7) is 4.54. The largest absolute Gasteiger partial charge is 0.480 e. The second kappa shape index (κ2) is 5.97. The van der Waals surface area contributed by atoms with Crippen LogP contribution in [0.3, 0.4) is 0 Å². The molecule has 0 spiro atoms. The van der Waals surface area contributed by atoms with Gasteiger partial charge in [0.1, 0.15) is 11.4 Å². The Morgan fingerprint density at radius 1 is 1.30 bits per heavy atom. The Morgan fingerprint density at radius 2 is 1.85 bits per heavy atom. The normalized spacial score (nSPS) is 11.3. The van der Waals surface area contributed by atoms with Crippen molar-refractivity contribution < 1.29 is 19.1 Å². The van der Waals surface area contributed by atoms with Gasteiger partial charge in [-0.25, -0.2) is 9.18 Å². The number of halogens is 3. The second-order valence-electron chi connectivity index (χ2n) is 4.66. The van der Waals surface area contributed by atoms with Crippen LogP contribution in [0.25, 0.3) is 0 Å². The summed E-state index contributed by atoms with van der Waals surface area (Å²) in [5.74, 6) is -2.62. The van der Waals surface area contributed by atoms with Crippen molar-refractivity contribution in [1.82, 2.24) is 4.90 Å². The highest BCUT2D eigenvalue weighted by molar-refractivity contribution is 6.36. The number of rotatable bonds is 4. The Bertz CT molecular complexity index is 561. The molecule has 1 N–H and O–H groups in total. The molecule has 0 saturated carbocycles. The number of carbonyl (C=O) groups is 2. The van der Waals surface area contributed by atoms with Crippen LogP contribution in [-0.4, -0.2) is 34.0 Å². The molecule has 0 aliphatic heterocycles. The number of carboxylic acids is 1. The minimum Gasteiger partial charge on any atom is -0.480 e. The smallest absolute Gasteiger partial charge is 0.329 e. The van der Waals surface area contributed by atoms with E-state index in [-0.39, 0.29) is 22.2 Å². The van der Waals surface area contributed by atoms with Gasteiger partial charge >= 0.3 is 5.97 Å². The average Bonchev–Trinajstić information content (AvgIpc) is 2.33. The molecule has 0 unspecified atom stereocenters. The van der Waals surface area contributed by atoms with Gasteiger partial charge in [-0.05, 0) is 32.9 Å². The van der Waals surface area contributed by atoms with E-state index < -0.39 is 23.2 Å². The zero-order chi connectivity index (χ0) is 15.7. The molecule has 1 aromatic carbocycles. The first kappa shape index (κ1) is 16.7. The lowest BCUT2D eigenvalue weighted by Crippen LogP contribution is -2.53. The number of benzene rings is 1. The zero-order valence-electron chi connectivity index (χ0n) is 11.2. The van der Waals surface area contributed by atoms with Crippen molar-refractivity contribution in [3.8, 4) is 0 Å². The van der Waals surface area contributed by atoms with Gasteiger partial charge in [0.15, 0.2) is 0 Å². The molecule has 0 saturated heterocycles. The molecule has 110 valence electrons. The summed E-state index contributed by atoms with van der Waals surface area (Å²) in [6.07, 6.45) is 0. The number of carboxylic acid groups (broad SMARTS) is 1.